The van der Waals surface area contributed by atoms with Gasteiger partial charge in [0.2, 0.25) is 5.91 Å². The molecular formula is C26H32N2O5. The molecule has 33 heavy (non-hydrogen) atoms. The second kappa shape index (κ2) is 11.0. The van der Waals surface area contributed by atoms with Crippen molar-refractivity contribution in [2.24, 2.45) is 5.92 Å². The third-order valence-corrected chi connectivity index (χ3v) is 6.07. The zero-order valence-electron chi connectivity index (χ0n) is 19.3. The highest BCUT2D eigenvalue weighted by atomic mass is 16.5. The summed E-state index contributed by atoms with van der Waals surface area (Å²) in [6, 6.07) is 14.8. The number of nitrogens with one attached hydrogen (secondary N) is 2. The van der Waals surface area contributed by atoms with Gasteiger partial charge in [-0.05, 0) is 34.6 Å². The van der Waals surface area contributed by atoms with Crippen LogP contribution < -0.4 is 10.6 Å². The summed E-state index contributed by atoms with van der Waals surface area (Å²) in [5.74, 6) is -1.55. The molecule has 2 unspecified atom stereocenters. The molecule has 176 valence electrons. The molecule has 7 nitrogen and oxygen atoms in total. The third-order valence-electron chi connectivity index (χ3n) is 6.07. The monoisotopic (exact) mass is 452 g/mol. The van der Waals surface area contributed by atoms with E-state index in [2.05, 4.69) is 34.9 Å². The van der Waals surface area contributed by atoms with Crippen molar-refractivity contribution < 1.29 is 24.2 Å². The fraction of sp³-hybridized carbons (Fsp3) is 0.423. The van der Waals surface area contributed by atoms with Crippen molar-refractivity contribution in [2.75, 3.05) is 6.61 Å². The molecule has 0 aromatic heterocycles. The summed E-state index contributed by atoms with van der Waals surface area (Å²) in [7, 11) is 0. The first-order valence-corrected chi connectivity index (χ1v) is 11.5. The van der Waals surface area contributed by atoms with Crippen LogP contribution in [0, 0.1) is 5.92 Å². The Balaban J connectivity index is 1.60. The van der Waals surface area contributed by atoms with E-state index in [0.717, 1.165) is 22.3 Å². The van der Waals surface area contributed by atoms with Crippen molar-refractivity contribution in [2.45, 2.75) is 58.0 Å². The zero-order valence-corrected chi connectivity index (χ0v) is 19.3. The average molecular weight is 453 g/mol. The largest absolute Gasteiger partial charge is 0.480 e. The van der Waals surface area contributed by atoms with Crippen LogP contribution in [0.25, 0.3) is 11.1 Å². The number of ether oxygens (including phenoxy) is 1. The SMILES string of the molecule is CCCC(NC(=O)CC(NC(=O)OCC1c2ccccc2-c2ccccc21)C(C)C)C(=O)O. The molecule has 2 atom stereocenters. The van der Waals surface area contributed by atoms with E-state index < -0.39 is 30.1 Å². The molecule has 0 heterocycles. The van der Waals surface area contributed by atoms with E-state index in [1.54, 1.807) is 0 Å². The van der Waals surface area contributed by atoms with Gasteiger partial charge in [0.25, 0.3) is 0 Å². The molecule has 0 fully saturated rings. The summed E-state index contributed by atoms with van der Waals surface area (Å²) in [6.07, 6.45) is 0.387. The predicted octanol–water partition coefficient (Wildman–Crippen LogP) is 4.31. The highest BCUT2D eigenvalue weighted by Gasteiger charge is 2.30. The maximum atomic E-state index is 12.6. The van der Waals surface area contributed by atoms with Gasteiger partial charge in [0.05, 0.1) is 0 Å². The van der Waals surface area contributed by atoms with Crippen molar-refractivity contribution in [3.8, 4) is 11.1 Å². The number of fused-ring (bicyclic) bond motifs is 3. The molecular weight excluding hydrogens is 420 g/mol. The van der Waals surface area contributed by atoms with Crippen LogP contribution in [0.15, 0.2) is 48.5 Å². The van der Waals surface area contributed by atoms with Crippen molar-refractivity contribution >= 4 is 18.0 Å². The molecule has 0 aliphatic heterocycles. The molecule has 1 aliphatic rings. The summed E-state index contributed by atoms with van der Waals surface area (Å²) in [6.45, 7) is 5.83. The smallest absolute Gasteiger partial charge is 0.407 e. The van der Waals surface area contributed by atoms with E-state index in [9.17, 15) is 19.5 Å². The number of carbonyl (C=O) groups is 3. The lowest BCUT2D eigenvalue weighted by Gasteiger charge is -2.23. The number of carboxylic acid groups (broad SMARTS) is 1. The molecule has 0 radical (unpaired) electrons. The van der Waals surface area contributed by atoms with E-state index >= 15 is 0 Å². The van der Waals surface area contributed by atoms with Gasteiger partial charge in [-0.15, -0.1) is 0 Å². The second-order valence-electron chi connectivity index (χ2n) is 8.77. The van der Waals surface area contributed by atoms with E-state index in [0.29, 0.717) is 12.8 Å². The summed E-state index contributed by atoms with van der Waals surface area (Å²) in [4.78, 5) is 36.3. The molecule has 2 aromatic rings. The van der Waals surface area contributed by atoms with Crippen LogP contribution in [0.5, 0.6) is 0 Å². The number of carbonyl (C=O) groups excluding carboxylic acids is 2. The van der Waals surface area contributed by atoms with Crippen LogP contribution in [0.1, 0.15) is 57.1 Å². The van der Waals surface area contributed by atoms with Gasteiger partial charge in [-0.1, -0.05) is 75.7 Å². The third kappa shape index (κ3) is 5.92. The highest BCUT2D eigenvalue weighted by Crippen LogP contribution is 2.44. The standard InChI is InChI=1S/C26H32N2O5/c1-4-9-22(25(30)31)27-24(29)14-23(16(2)3)28-26(32)33-15-21-19-12-7-5-10-17(19)18-11-6-8-13-20(18)21/h5-8,10-13,16,21-23H,4,9,14-15H2,1-3H3,(H,27,29)(H,28,32)(H,30,31). The Morgan fingerprint density at radius 2 is 1.55 bits per heavy atom. The second-order valence-corrected chi connectivity index (χ2v) is 8.77. The van der Waals surface area contributed by atoms with E-state index in [4.69, 9.17) is 4.74 Å². The zero-order chi connectivity index (χ0) is 24.0. The molecule has 1 aliphatic carbocycles. The number of alkyl carbamates (subject to hydrolysis) is 1. The number of carboxylic acids is 1. The average Bonchev–Trinajstić information content (AvgIpc) is 3.10. The summed E-state index contributed by atoms with van der Waals surface area (Å²) < 4.78 is 5.58. The fourth-order valence-electron chi connectivity index (χ4n) is 4.24. The Morgan fingerprint density at radius 1 is 0.970 bits per heavy atom. The molecule has 3 rings (SSSR count). The lowest BCUT2D eigenvalue weighted by Crippen LogP contribution is -2.46. The maximum Gasteiger partial charge on any atom is 0.407 e. The Bertz CT molecular complexity index is 958. The van der Waals surface area contributed by atoms with Gasteiger partial charge in [-0.2, -0.15) is 0 Å². The molecule has 2 amide bonds. The highest BCUT2D eigenvalue weighted by molar-refractivity contribution is 5.84. The molecule has 2 aromatic carbocycles. The quantitative estimate of drug-likeness (QED) is 0.498. The van der Waals surface area contributed by atoms with Crippen LogP contribution in [-0.4, -0.2) is 41.8 Å². The predicted molar refractivity (Wildman–Crippen MR) is 126 cm³/mol. The fourth-order valence-corrected chi connectivity index (χ4v) is 4.24. The Labute approximate surface area is 194 Å². The minimum Gasteiger partial charge on any atom is -0.480 e. The van der Waals surface area contributed by atoms with Crippen molar-refractivity contribution in [1.82, 2.24) is 10.6 Å². The normalized spacial score (nSPS) is 14.2. The molecule has 0 saturated carbocycles. The number of hydrogen-bond acceptors (Lipinski definition) is 4. The van der Waals surface area contributed by atoms with Crippen LogP contribution in [-0.2, 0) is 14.3 Å². The lowest BCUT2D eigenvalue weighted by atomic mass is 9.98. The van der Waals surface area contributed by atoms with Crippen LogP contribution >= 0.6 is 0 Å². The first kappa shape index (κ1) is 24.3. The van der Waals surface area contributed by atoms with Gasteiger partial charge in [0.15, 0.2) is 0 Å². The van der Waals surface area contributed by atoms with Gasteiger partial charge < -0.3 is 20.5 Å². The minimum atomic E-state index is -1.06. The van der Waals surface area contributed by atoms with Gasteiger partial charge >= 0.3 is 12.1 Å². The maximum absolute atomic E-state index is 12.6. The molecule has 0 spiro atoms. The number of rotatable bonds is 10. The Kier molecular flexibility index (Phi) is 8.09. The molecule has 0 bridgehead atoms. The van der Waals surface area contributed by atoms with Crippen LogP contribution in [0.2, 0.25) is 0 Å². The topological polar surface area (TPSA) is 105 Å². The minimum absolute atomic E-state index is 0.0185. The van der Waals surface area contributed by atoms with E-state index in [1.807, 2.05) is 45.0 Å². The van der Waals surface area contributed by atoms with Crippen molar-refractivity contribution in [1.29, 1.82) is 0 Å². The molecule has 3 N–H and O–H groups in total. The van der Waals surface area contributed by atoms with Crippen LogP contribution in [0.3, 0.4) is 0 Å². The molecule has 0 saturated heterocycles. The number of hydrogen-bond donors (Lipinski definition) is 3. The number of benzene rings is 2. The number of amides is 2. The Hall–Kier alpha value is -3.35. The number of aliphatic carboxylic acids is 1. The van der Waals surface area contributed by atoms with Gasteiger partial charge in [0.1, 0.15) is 12.6 Å². The lowest BCUT2D eigenvalue weighted by molar-refractivity contribution is -0.142. The summed E-state index contributed by atoms with van der Waals surface area (Å²) >= 11 is 0. The molecule has 7 heteroatoms. The van der Waals surface area contributed by atoms with Crippen molar-refractivity contribution in [3.63, 3.8) is 0 Å². The van der Waals surface area contributed by atoms with Gasteiger partial charge in [-0.25, -0.2) is 9.59 Å². The summed E-state index contributed by atoms with van der Waals surface area (Å²) in [5.41, 5.74) is 4.56. The summed E-state index contributed by atoms with van der Waals surface area (Å²) in [5, 5.41) is 14.6. The van der Waals surface area contributed by atoms with Gasteiger partial charge in [-0.3, -0.25) is 4.79 Å². The van der Waals surface area contributed by atoms with Gasteiger partial charge in [0, 0.05) is 18.4 Å². The first-order valence-electron chi connectivity index (χ1n) is 11.5. The van der Waals surface area contributed by atoms with E-state index in [-0.39, 0.29) is 24.9 Å². The first-order chi connectivity index (χ1) is 15.8. The van der Waals surface area contributed by atoms with Crippen molar-refractivity contribution in [3.05, 3.63) is 59.7 Å². The van der Waals surface area contributed by atoms with E-state index in [1.165, 1.54) is 0 Å². The van der Waals surface area contributed by atoms with Crippen LogP contribution in [0.4, 0.5) is 4.79 Å². The Morgan fingerprint density at radius 3 is 2.06 bits per heavy atom.